The molecular weight excluding hydrogens is 144 g/mol. The smallest absolute Gasteiger partial charge is 0.0844 e. The summed E-state index contributed by atoms with van der Waals surface area (Å²) in [6, 6.07) is 9.92. The summed E-state index contributed by atoms with van der Waals surface area (Å²) in [6.07, 6.45) is 0.759. The van der Waals surface area contributed by atoms with E-state index in [1.807, 2.05) is 30.3 Å². The zero-order valence-corrected chi connectivity index (χ0v) is 6.30. The summed E-state index contributed by atoms with van der Waals surface area (Å²) >= 11 is 0.521. The SMILES string of the molecule is O=S=CCc1ccccc1. The second-order valence-corrected chi connectivity index (χ2v) is 2.48. The van der Waals surface area contributed by atoms with Crippen LogP contribution in [0.25, 0.3) is 0 Å². The van der Waals surface area contributed by atoms with Gasteiger partial charge in [-0.15, -0.1) is 0 Å². The van der Waals surface area contributed by atoms with Crippen LogP contribution in [0.5, 0.6) is 0 Å². The van der Waals surface area contributed by atoms with Gasteiger partial charge in [0.1, 0.15) is 0 Å². The maximum Gasteiger partial charge on any atom is 0.0844 e. The van der Waals surface area contributed by atoms with E-state index in [0.717, 1.165) is 6.42 Å². The lowest BCUT2D eigenvalue weighted by atomic mass is 10.2. The molecule has 0 aliphatic rings. The van der Waals surface area contributed by atoms with Crippen molar-refractivity contribution in [1.82, 2.24) is 0 Å². The van der Waals surface area contributed by atoms with Crippen LogP contribution in [-0.2, 0) is 17.7 Å². The maximum absolute atomic E-state index is 9.96. The fourth-order valence-corrected chi connectivity index (χ4v) is 1.00. The van der Waals surface area contributed by atoms with Gasteiger partial charge in [-0.05, 0) is 5.56 Å². The largest absolute Gasteiger partial charge is 0.213 e. The first-order valence-corrected chi connectivity index (χ1v) is 3.88. The Morgan fingerprint density at radius 1 is 1.30 bits per heavy atom. The van der Waals surface area contributed by atoms with Crippen LogP contribution in [0.15, 0.2) is 30.3 Å². The zero-order chi connectivity index (χ0) is 7.23. The van der Waals surface area contributed by atoms with E-state index in [1.54, 1.807) is 5.37 Å². The average molecular weight is 152 g/mol. The summed E-state index contributed by atoms with van der Waals surface area (Å²) in [6.45, 7) is 0. The lowest BCUT2D eigenvalue weighted by molar-refractivity contribution is 0.701. The topological polar surface area (TPSA) is 17.1 Å². The van der Waals surface area contributed by atoms with Crippen molar-refractivity contribution >= 4 is 16.6 Å². The predicted molar refractivity (Wildman–Crippen MR) is 44.4 cm³/mol. The number of hydrogen-bond donors (Lipinski definition) is 0. The van der Waals surface area contributed by atoms with E-state index >= 15 is 0 Å². The van der Waals surface area contributed by atoms with E-state index in [2.05, 4.69) is 0 Å². The van der Waals surface area contributed by atoms with E-state index in [0.29, 0.717) is 11.3 Å². The minimum Gasteiger partial charge on any atom is -0.213 e. The molecule has 2 heteroatoms. The molecule has 0 heterocycles. The van der Waals surface area contributed by atoms with Gasteiger partial charge in [-0.25, -0.2) is 4.21 Å². The molecule has 0 bridgehead atoms. The second-order valence-electron chi connectivity index (χ2n) is 1.95. The summed E-state index contributed by atoms with van der Waals surface area (Å²) in [5.74, 6) is 0. The molecule has 0 aliphatic heterocycles. The van der Waals surface area contributed by atoms with Gasteiger partial charge < -0.3 is 0 Å². The minimum absolute atomic E-state index is 0.521. The van der Waals surface area contributed by atoms with Crippen molar-refractivity contribution < 1.29 is 4.21 Å². The number of hydrogen-bond acceptors (Lipinski definition) is 1. The van der Waals surface area contributed by atoms with Crippen LogP contribution in [0.1, 0.15) is 5.56 Å². The molecule has 0 aliphatic carbocycles. The van der Waals surface area contributed by atoms with Crippen LogP contribution in [0.3, 0.4) is 0 Å². The highest BCUT2D eigenvalue weighted by molar-refractivity contribution is 7.64. The molecule has 0 saturated heterocycles. The zero-order valence-electron chi connectivity index (χ0n) is 5.49. The third-order valence-corrected chi connectivity index (χ3v) is 1.53. The molecule has 0 fully saturated rings. The Balaban J connectivity index is 2.67. The van der Waals surface area contributed by atoms with Crippen LogP contribution < -0.4 is 0 Å². The van der Waals surface area contributed by atoms with Crippen LogP contribution >= 0.6 is 0 Å². The highest BCUT2D eigenvalue weighted by Gasteiger charge is 1.83. The van der Waals surface area contributed by atoms with Crippen molar-refractivity contribution in [2.24, 2.45) is 0 Å². The highest BCUT2D eigenvalue weighted by atomic mass is 32.1. The Labute approximate surface area is 63.8 Å². The van der Waals surface area contributed by atoms with Gasteiger partial charge in [-0.2, -0.15) is 0 Å². The summed E-state index contributed by atoms with van der Waals surface area (Å²) in [4.78, 5) is 0. The Bertz CT molecular complexity index is 237. The summed E-state index contributed by atoms with van der Waals surface area (Å²) in [5.41, 5.74) is 1.19. The predicted octanol–water partition coefficient (Wildman–Crippen LogP) is 1.24. The van der Waals surface area contributed by atoms with Crippen molar-refractivity contribution in [3.05, 3.63) is 35.9 Å². The normalized spacial score (nSPS) is 8.80. The number of benzene rings is 1. The van der Waals surface area contributed by atoms with E-state index < -0.39 is 0 Å². The molecule has 10 heavy (non-hydrogen) atoms. The van der Waals surface area contributed by atoms with Crippen molar-refractivity contribution in [2.75, 3.05) is 0 Å². The first-order valence-electron chi connectivity index (χ1n) is 3.07. The van der Waals surface area contributed by atoms with Gasteiger partial charge in [-0.1, -0.05) is 30.3 Å². The van der Waals surface area contributed by atoms with Crippen molar-refractivity contribution in [1.29, 1.82) is 0 Å². The standard InChI is InChI=1S/C8H8OS/c9-10-7-6-8-4-2-1-3-5-8/h1-5,7H,6H2. The summed E-state index contributed by atoms with van der Waals surface area (Å²) in [5, 5.41) is 1.65. The van der Waals surface area contributed by atoms with Gasteiger partial charge in [0.2, 0.25) is 0 Å². The van der Waals surface area contributed by atoms with Gasteiger partial charge in [0, 0.05) is 11.8 Å². The number of rotatable bonds is 2. The molecule has 0 aromatic heterocycles. The summed E-state index contributed by atoms with van der Waals surface area (Å²) < 4.78 is 9.96. The van der Waals surface area contributed by atoms with Gasteiger partial charge in [0.25, 0.3) is 0 Å². The Morgan fingerprint density at radius 2 is 2.00 bits per heavy atom. The molecule has 1 aromatic rings. The van der Waals surface area contributed by atoms with E-state index in [1.165, 1.54) is 5.56 Å². The Kier molecular flexibility index (Phi) is 2.90. The molecule has 1 rings (SSSR count). The second kappa shape index (κ2) is 4.01. The lowest BCUT2D eigenvalue weighted by Crippen LogP contribution is -1.82. The fraction of sp³-hybridized carbons (Fsp3) is 0.125. The first-order chi connectivity index (χ1) is 4.93. The molecule has 0 unspecified atom stereocenters. The minimum atomic E-state index is 0.521. The van der Waals surface area contributed by atoms with Gasteiger partial charge in [0.15, 0.2) is 0 Å². The van der Waals surface area contributed by atoms with Gasteiger partial charge in [0.05, 0.1) is 11.3 Å². The van der Waals surface area contributed by atoms with Crippen LogP contribution in [0, 0.1) is 0 Å². The molecule has 1 aromatic carbocycles. The molecule has 0 amide bonds. The molecular formula is C8H8OS. The third kappa shape index (κ3) is 2.15. The van der Waals surface area contributed by atoms with Gasteiger partial charge in [-0.3, -0.25) is 0 Å². The molecule has 0 saturated carbocycles. The molecule has 0 atom stereocenters. The molecule has 1 nitrogen and oxygen atoms in total. The summed E-state index contributed by atoms with van der Waals surface area (Å²) in [7, 11) is 0. The third-order valence-electron chi connectivity index (χ3n) is 1.23. The molecule has 0 spiro atoms. The van der Waals surface area contributed by atoms with Crippen LogP contribution in [-0.4, -0.2) is 9.58 Å². The lowest BCUT2D eigenvalue weighted by Gasteiger charge is -1.90. The fourth-order valence-electron chi connectivity index (χ4n) is 0.744. The van der Waals surface area contributed by atoms with Crippen LogP contribution in [0.2, 0.25) is 0 Å². The quantitative estimate of drug-likeness (QED) is 0.583. The molecule has 52 valence electrons. The van der Waals surface area contributed by atoms with E-state index in [-0.39, 0.29) is 0 Å². The maximum atomic E-state index is 9.96. The average Bonchev–Trinajstić information content (AvgIpc) is 2.03. The van der Waals surface area contributed by atoms with Crippen molar-refractivity contribution in [3.8, 4) is 0 Å². The molecule has 0 N–H and O–H groups in total. The Hall–Kier alpha value is -0.890. The molecule has 0 radical (unpaired) electrons. The Morgan fingerprint density at radius 3 is 2.60 bits per heavy atom. The van der Waals surface area contributed by atoms with Crippen molar-refractivity contribution in [2.45, 2.75) is 6.42 Å². The van der Waals surface area contributed by atoms with E-state index in [4.69, 9.17) is 0 Å². The van der Waals surface area contributed by atoms with Crippen molar-refractivity contribution in [3.63, 3.8) is 0 Å². The van der Waals surface area contributed by atoms with Crippen LogP contribution in [0.4, 0.5) is 0 Å². The highest BCUT2D eigenvalue weighted by Crippen LogP contribution is 1.96. The van der Waals surface area contributed by atoms with E-state index in [9.17, 15) is 4.21 Å². The monoisotopic (exact) mass is 152 g/mol. The first kappa shape index (κ1) is 7.22. The van der Waals surface area contributed by atoms with Gasteiger partial charge >= 0.3 is 0 Å².